The standard InChI is InChI=1S/C10H16O3/c1-3-10(13-8(2)11)6-4-9(12)5-7-10/h3-7H2,1-2H3. The number of esters is 1. The van der Waals surface area contributed by atoms with E-state index in [1.807, 2.05) is 6.92 Å². The summed E-state index contributed by atoms with van der Waals surface area (Å²) in [6, 6.07) is 0. The van der Waals surface area contributed by atoms with Gasteiger partial charge in [0.25, 0.3) is 0 Å². The van der Waals surface area contributed by atoms with Gasteiger partial charge in [-0.15, -0.1) is 0 Å². The van der Waals surface area contributed by atoms with Crippen molar-refractivity contribution < 1.29 is 14.3 Å². The van der Waals surface area contributed by atoms with Crippen molar-refractivity contribution in [2.24, 2.45) is 0 Å². The van der Waals surface area contributed by atoms with Gasteiger partial charge in [0, 0.05) is 19.8 Å². The van der Waals surface area contributed by atoms with Crippen LogP contribution in [0, 0.1) is 0 Å². The largest absolute Gasteiger partial charge is 0.459 e. The molecule has 0 spiro atoms. The normalized spacial score (nSPS) is 21.2. The average Bonchev–Trinajstić information content (AvgIpc) is 2.09. The third-order valence-corrected chi connectivity index (χ3v) is 2.72. The summed E-state index contributed by atoms with van der Waals surface area (Å²) in [5.41, 5.74) is -0.347. The SMILES string of the molecule is CCC1(OC(C)=O)CCC(=O)CC1. The van der Waals surface area contributed by atoms with Gasteiger partial charge in [0.15, 0.2) is 0 Å². The Hall–Kier alpha value is -0.860. The van der Waals surface area contributed by atoms with E-state index in [1.165, 1.54) is 6.92 Å². The third-order valence-electron chi connectivity index (χ3n) is 2.72. The van der Waals surface area contributed by atoms with Crippen LogP contribution in [0.1, 0.15) is 46.0 Å². The van der Waals surface area contributed by atoms with Gasteiger partial charge < -0.3 is 4.74 Å². The van der Waals surface area contributed by atoms with E-state index in [9.17, 15) is 9.59 Å². The zero-order chi connectivity index (χ0) is 9.90. The second-order valence-corrected chi connectivity index (χ2v) is 3.67. The quantitative estimate of drug-likeness (QED) is 0.615. The zero-order valence-electron chi connectivity index (χ0n) is 8.26. The van der Waals surface area contributed by atoms with Crippen LogP contribution < -0.4 is 0 Å². The van der Waals surface area contributed by atoms with Gasteiger partial charge in [0.05, 0.1) is 0 Å². The minimum Gasteiger partial charge on any atom is -0.459 e. The van der Waals surface area contributed by atoms with Crippen LogP contribution >= 0.6 is 0 Å². The molecule has 0 aliphatic heterocycles. The number of Topliss-reactive ketones (excluding diaryl/α,β-unsaturated/α-hetero) is 1. The van der Waals surface area contributed by atoms with Crippen molar-refractivity contribution in [1.82, 2.24) is 0 Å². The van der Waals surface area contributed by atoms with Crippen LogP contribution in [0.4, 0.5) is 0 Å². The molecule has 13 heavy (non-hydrogen) atoms. The van der Waals surface area contributed by atoms with Gasteiger partial charge >= 0.3 is 5.97 Å². The molecule has 1 fully saturated rings. The number of hydrogen-bond acceptors (Lipinski definition) is 3. The Morgan fingerprint density at radius 3 is 2.38 bits per heavy atom. The Bertz CT molecular complexity index is 210. The lowest BCUT2D eigenvalue weighted by Crippen LogP contribution is -2.38. The molecule has 3 heteroatoms. The van der Waals surface area contributed by atoms with Crippen molar-refractivity contribution in [3.63, 3.8) is 0 Å². The fourth-order valence-electron chi connectivity index (χ4n) is 1.82. The van der Waals surface area contributed by atoms with Gasteiger partial charge in [0.2, 0.25) is 0 Å². The van der Waals surface area contributed by atoms with E-state index in [-0.39, 0.29) is 17.4 Å². The molecule has 1 saturated carbocycles. The lowest BCUT2D eigenvalue weighted by molar-refractivity contribution is -0.162. The molecule has 0 unspecified atom stereocenters. The summed E-state index contributed by atoms with van der Waals surface area (Å²) in [6.45, 7) is 3.42. The molecule has 0 N–H and O–H groups in total. The average molecular weight is 184 g/mol. The summed E-state index contributed by atoms with van der Waals surface area (Å²) < 4.78 is 5.29. The maximum absolute atomic E-state index is 11.0. The predicted octanol–water partition coefficient (Wildman–Crippen LogP) is 1.84. The van der Waals surface area contributed by atoms with Gasteiger partial charge in [-0.1, -0.05) is 6.92 Å². The number of ether oxygens (including phenoxy) is 1. The van der Waals surface area contributed by atoms with E-state index in [2.05, 4.69) is 0 Å². The van der Waals surface area contributed by atoms with Crippen LogP contribution in [0.3, 0.4) is 0 Å². The zero-order valence-corrected chi connectivity index (χ0v) is 8.26. The minimum absolute atomic E-state index is 0.240. The highest BCUT2D eigenvalue weighted by Gasteiger charge is 2.35. The van der Waals surface area contributed by atoms with E-state index in [4.69, 9.17) is 4.74 Å². The van der Waals surface area contributed by atoms with Crippen molar-refractivity contribution >= 4 is 11.8 Å². The monoisotopic (exact) mass is 184 g/mol. The number of hydrogen-bond donors (Lipinski definition) is 0. The van der Waals surface area contributed by atoms with Crippen LogP contribution in [0.15, 0.2) is 0 Å². The topological polar surface area (TPSA) is 43.4 Å². The molecular formula is C10H16O3. The number of carbonyl (C=O) groups is 2. The molecule has 0 saturated heterocycles. The summed E-state index contributed by atoms with van der Waals surface area (Å²) in [7, 11) is 0. The highest BCUT2D eigenvalue weighted by Crippen LogP contribution is 2.32. The van der Waals surface area contributed by atoms with E-state index in [0.717, 1.165) is 6.42 Å². The van der Waals surface area contributed by atoms with Crippen LogP contribution in [0.5, 0.6) is 0 Å². The van der Waals surface area contributed by atoms with Crippen molar-refractivity contribution in [2.75, 3.05) is 0 Å². The van der Waals surface area contributed by atoms with Crippen molar-refractivity contribution in [3.8, 4) is 0 Å². The van der Waals surface area contributed by atoms with E-state index in [0.29, 0.717) is 25.7 Å². The van der Waals surface area contributed by atoms with Gasteiger partial charge in [-0.25, -0.2) is 0 Å². The third kappa shape index (κ3) is 2.54. The minimum atomic E-state index is -0.347. The van der Waals surface area contributed by atoms with Crippen LogP contribution in [-0.2, 0) is 14.3 Å². The maximum Gasteiger partial charge on any atom is 0.303 e. The Morgan fingerprint density at radius 1 is 1.46 bits per heavy atom. The first-order valence-corrected chi connectivity index (χ1v) is 4.79. The summed E-state index contributed by atoms with van der Waals surface area (Å²) in [4.78, 5) is 21.9. The van der Waals surface area contributed by atoms with Gasteiger partial charge in [-0.05, 0) is 19.3 Å². The second kappa shape index (κ2) is 3.90. The molecule has 0 aromatic heterocycles. The molecule has 1 aliphatic carbocycles. The molecule has 1 aliphatic rings. The smallest absolute Gasteiger partial charge is 0.303 e. The summed E-state index contributed by atoms with van der Waals surface area (Å²) in [5, 5.41) is 0. The number of rotatable bonds is 2. The van der Waals surface area contributed by atoms with E-state index < -0.39 is 0 Å². The molecule has 3 nitrogen and oxygen atoms in total. The molecule has 0 radical (unpaired) electrons. The molecule has 0 aromatic carbocycles. The van der Waals surface area contributed by atoms with Crippen LogP contribution in [-0.4, -0.2) is 17.4 Å². The molecule has 0 aromatic rings. The maximum atomic E-state index is 11.0. The second-order valence-electron chi connectivity index (χ2n) is 3.67. The molecule has 1 rings (SSSR count). The van der Waals surface area contributed by atoms with Crippen LogP contribution in [0.2, 0.25) is 0 Å². The van der Waals surface area contributed by atoms with Crippen molar-refractivity contribution in [1.29, 1.82) is 0 Å². The van der Waals surface area contributed by atoms with Gasteiger partial charge in [0.1, 0.15) is 11.4 Å². The Kier molecular flexibility index (Phi) is 3.07. The molecule has 0 bridgehead atoms. The number of ketones is 1. The highest BCUT2D eigenvalue weighted by molar-refractivity contribution is 5.79. The summed E-state index contributed by atoms with van der Waals surface area (Å²) in [6.07, 6.45) is 3.31. The first-order valence-electron chi connectivity index (χ1n) is 4.79. The first kappa shape index (κ1) is 10.2. The molecule has 0 atom stereocenters. The summed E-state index contributed by atoms with van der Waals surface area (Å²) >= 11 is 0. The van der Waals surface area contributed by atoms with Gasteiger partial charge in [-0.3, -0.25) is 9.59 Å². The van der Waals surface area contributed by atoms with Crippen LogP contribution in [0.25, 0.3) is 0 Å². The lowest BCUT2D eigenvalue weighted by Gasteiger charge is -2.34. The van der Waals surface area contributed by atoms with Gasteiger partial charge in [-0.2, -0.15) is 0 Å². The van der Waals surface area contributed by atoms with Crippen molar-refractivity contribution in [3.05, 3.63) is 0 Å². The molecule has 0 amide bonds. The Morgan fingerprint density at radius 2 is 2.00 bits per heavy atom. The molecule has 0 heterocycles. The predicted molar refractivity (Wildman–Crippen MR) is 48.3 cm³/mol. The number of carbonyl (C=O) groups excluding carboxylic acids is 2. The van der Waals surface area contributed by atoms with Crippen molar-refractivity contribution in [2.45, 2.75) is 51.6 Å². The summed E-state index contributed by atoms with van der Waals surface area (Å²) in [5.74, 6) is 0.0485. The fraction of sp³-hybridized carbons (Fsp3) is 0.800. The molecule has 74 valence electrons. The lowest BCUT2D eigenvalue weighted by atomic mass is 9.82. The molecular weight excluding hydrogens is 168 g/mol. The van der Waals surface area contributed by atoms with E-state index in [1.54, 1.807) is 0 Å². The first-order chi connectivity index (χ1) is 6.08. The van der Waals surface area contributed by atoms with E-state index >= 15 is 0 Å². The Balaban J connectivity index is 2.60. The highest BCUT2D eigenvalue weighted by atomic mass is 16.6. The Labute approximate surface area is 78.5 Å². The fourth-order valence-corrected chi connectivity index (χ4v) is 1.82.